The number of aromatic nitrogens is 1. The topological polar surface area (TPSA) is 49.3 Å². The van der Waals surface area contributed by atoms with Crippen LogP contribution in [-0.4, -0.2) is 30.6 Å². The molecule has 0 aliphatic heterocycles. The second-order valence-corrected chi connectivity index (χ2v) is 6.50. The molecule has 4 nitrogen and oxygen atoms in total. The minimum absolute atomic E-state index is 0.599. The lowest BCUT2D eigenvalue weighted by molar-refractivity contribution is 0.410. The molecule has 0 amide bonds. The van der Waals surface area contributed by atoms with Gasteiger partial charge in [-0.05, 0) is 19.3 Å². The lowest BCUT2D eigenvalue weighted by atomic mass is 9.96. The van der Waals surface area contributed by atoms with E-state index >= 15 is 0 Å². The zero-order chi connectivity index (χ0) is 14.2. The highest BCUT2D eigenvalue weighted by Gasteiger charge is 2.14. The van der Waals surface area contributed by atoms with Crippen LogP contribution in [0.25, 0.3) is 0 Å². The summed E-state index contributed by atoms with van der Waals surface area (Å²) in [7, 11) is 1.84. The van der Waals surface area contributed by atoms with Crippen LogP contribution in [0.15, 0.2) is 11.2 Å². The molecule has 1 aromatic heterocycles. The minimum Gasteiger partial charge on any atom is -0.356 e. The van der Waals surface area contributed by atoms with Crippen LogP contribution in [0.2, 0.25) is 0 Å². The van der Waals surface area contributed by atoms with Gasteiger partial charge in [-0.3, -0.25) is 4.99 Å². The maximum absolute atomic E-state index is 4.44. The molecule has 1 aromatic rings. The Hall–Kier alpha value is -1.10. The molecule has 0 unspecified atom stereocenters. The molecular formula is C15H26N4S. The lowest BCUT2D eigenvalue weighted by Gasteiger charge is -2.24. The number of guanidine groups is 1. The summed E-state index contributed by atoms with van der Waals surface area (Å²) in [5.41, 5.74) is 0. The van der Waals surface area contributed by atoms with E-state index in [-0.39, 0.29) is 0 Å². The molecule has 1 fully saturated rings. The van der Waals surface area contributed by atoms with Gasteiger partial charge in [-0.2, -0.15) is 0 Å². The van der Waals surface area contributed by atoms with E-state index in [0.717, 1.165) is 25.3 Å². The molecule has 112 valence electrons. The van der Waals surface area contributed by atoms with Crippen molar-refractivity contribution in [1.29, 1.82) is 0 Å². The number of aryl methyl sites for hydroxylation is 1. The third kappa shape index (κ3) is 4.78. The van der Waals surface area contributed by atoms with E-state index < -0.39 is 0 Å². The standard InChI is InChI=1S/C15H26N4S/c1-3-13-11-18-14(20-13)9-10-17-15(16-2)19-12-7-5-4-6-8-12/h11-12H,3-10H2,1-2H3,(H2,16,17,19). The van der Waals surface area contributed by atoms with Gasteiger partial charge in [0.15, 0.2) is 5.96 Å². The number of hydrogen-bond acceptors (Lipinski definition) is 3. The van der Waals surface area contributed by atoms with Crippen molar-refractivity contribution in [2.45, 2.75) is 57.9 Å². The van der Waals surface area contributed by atoms with Gasteiger partial charge in [-0.25, -0.2) is 4.98 Å². The molecule has 0 radical (unpaired) electrons. The number of rotatable bonds is 5. The Balaban J connectivity index is 1.70. The van der Waals surface area contributed by atoms with Crippen LogP contribution in [0.1, 0.15) is 48.9 Å². The smallest absolute Gasteiger partial charge is 0.191 e. The summed E-state index contributed by atoms with van der Waals surface area (Å²) in [6.45, 7) is 3.06. The summed E-state index contributed by atoms with van der Waals surface area (Å²) >= 11 is 1.82. The third-order valence-electron chi connectivity index (χ3n) is 3.75. The van der Waals surface area contributed by atoms with Gasteiger partial charge in [0.05, 0.1) is 5.01 Å². The molecule has 0 saturated heterocycles. The van der Waals surface area contributed by atoms with E-state index in [1.807, 2.05) is 24.6 Å². The van der Waals surface area contributed by atoms with Gasteiger partial charge in [0.2, 0.25) is 0 Å². The van der Waals surface area contributed by atoms with E-state index in [4.69, 9.17) is 0 Å². The molecule has 1 heterocycles. The Morgan fingerprint density at radius 3 is 2.85 bits per heavy atom. The van der Waals surface area contributed by atoms with Crippen LogP contribution >= 0.6 is 11.3 Å². The van der Waals surface area contributed by atoms with Crippen molar-refractivity contribution in [1.82, 2.24) is 15.6 Å². The summed E-state index contributed by atoms with van der Waals surface area (Å²) in [5.74, 6) is 0.934. The van der Waals surface area contributed by atoms with Gasteiger partial charge in [-0.15, -0.1) is 11.3 Å². The van der Waals surface area contributed by atoms with Crippen molar-refractivity contribution >= 4 is 17.3 Å². The largest absolute Gasteiger partial charge is 0.356 e. The van der Waals surface area contributed by atoms with E-state index in [0.29, 0.717) is 6.04 Å². The second kappa shape index (κ2) is 8.25. The zero-order valence-electron chi connectivity index (χ0n) is 12.6. The second-order valence-electron chi connectivity index (χ2n) is 5.30. The molecule has 20 heavy (non-hydrogen) atoms. The number of nitrogens with zero attached hydrogens (tertiary/aromatic N) is 2. The Bertz CT molecular complexity index is 421. The molecular weight excluding hydrogens is 268 g/mol. The van der Waals surface area contributed by atoms with Crippen LogP contribution in [0, 0.1) is 0 Å². The van der Waals surface area contributed by atoms with Crippen LogP contribution in [0.5, 0.6) is 0 Å². The van der Waals surface area contributed by atoms with E-state index in [1.54, 1.807) is 0 Å². The molecule has 1 aliphatic rings. The number of nitrogens with one attached hydrogen (secondary N) is 2. The molecule has 2 rings (SSSR count). The number of thiazole rings is 1. The third-order valence-corrected chi connectivity index (χ3v) is 4.95. The molecule has 0 aromatic carbocycles. The lowest BCUT2D eigenvalue weighted by Crippen LogP contribution is -2.44. The first kappa shape index (κ1) is 15.3. The normalized spacial score (nSPS) is 17.2. The monoisotopic (exact) mass is 294 g/mol. The van der Waals surface area contributed by atoms with E-state index in [2.05, 4.69) is 27.5 Å². The fourth-order valence-electron chi connectivity index (χ4n) is 2.55. The predicted molar refractivity (Wildman–Crippen MR) is 86.6 cm³/mol. The summed E-state index contributed by atoms with van der Waals surface area (Å²) < 4.78 is 0. The van der Waals surface area contributed by atoms with Gasteiger partial charge in [0.25, 0.3) is 0 Å². The van der Waals surface area contributed by atoms with Crippen LogP contribution < -0.4 is 10.6 Å². The van der Waals surface area contributed by atoms with Gasteiger partial charge < -0.3 is 10.6 Å². The summed E-state index contributed by atoms with van der Waals surface area (Å²) in [5, 5.41) is 8.14. The SMILES string of the molecule is CCc1cnc(CCNC(=NC)NC2CCCCC2)s1. The quantitative estimate of drug-likeness (QED) is 0.648. The van der Waals surface area contributed by atoms with Gasteiger partial charge >= 0.3 is 0 Å². The Morgan fingerprint density at radius 2 is 2.20 bits per heavy atom. The van der Waals surface area contributed by atoms with Crippen molar-refractivity contribution in [3.05, 3.63) is 16.1 Å². The maximum atomic E-state index is 4.44. The highest BCUT2D eigenvalue weighted by molar-refractivity contribution is 7.11. The first-order valence-corrected chi connectivity index (χ1v) is 8.54. The van der Waals surface area contributed by atoms with Crippen LogP contribution in [0.4, 0.5) is 0 Å². The van der Waals surface area contributed by atoms with Gasteiger partial charge in [-0.1, -0.05) is 26.2 Å². The first-order chi connectivity index (χ1) is 9.81. The predicted octanol–water partition coefficient (Wildman–Crippen LogP) is 2.75. The average molecular weight is 294 g/mol. The molecule has 0 atom stereocenters. The summed E-state index contributed by atoms with van der Waals surface area (Å²) in [6.07, 6.45) is 10.6. The fraction of sp³-hybridized carbons (Fsp3) is 0.733. The highest BCUT2D eigenvalue weighted by atomic mass is 32.1. The van der Waals surface area contributed by atoms with E-state index in [1.165, 1.54) is 42.0 Å². The molecule has 5 heteroatoms. The Morgan fingerprint density at radius 1 is 1.40 bits per heavy atom. The average Bonchev–Trinajstić information content (AvgIpc) is 2.95. The summed E-state index contributed by atoms with van der Waals surface area (Å²) in [6, 6.07) is 0.599. The van der Waals surface area contributed by atoms with Crippen molar-refractivity contribution in [3.8, 4) is 0 Å². The molecule has 1 saturated carbocycles. The van der Waals surface area contributed by atoms with Crippen LogP contribution in [0.3, 0.4) is 0 Å². The number of hydrogen-bond donors (Lipinski definition) is 2. The van der Waals surface area contributed by atoms with Crippen molar-refractivity contribution in [2.75, 3.05) is 13.6 Å². The molecule has 0 bridgehead atoms. The zero-order valence-corrected chi connectivity index (χ0v) is 13.4. The minimum atomic E-state index is 0.599. The number of aliphatic imine (C=N–C) groups is 1. The Kier molecular flexibility index (Phi) is 6.30. The van der Waals surface area contributed by atoms with Crippen molar-refractivity contribution in [2.24, 2.45) is 4.99 Å². The first-order valence-electron chi connectivity index (χ1n) is 7.72. The van der Waals surface area contributed by atoms with Crippen LogP contribution in [-0.2, 0) is 12.8 Å². The van der Waals surface area contributed by atoms with Crippen molar-refractivity contribution in [3.63, 3.8) is 0 Å². The van der Waals surface area contributed by atoms with Gasteiger partial charge in [0, 0.05) is 37.1 Å². The molecule has 0 spiro atoms. The highest BCUT2D eigenvalue weighted by Crippen LogP contribution is 2.17. The Labute approximate surface area is 126 Å². The van der Waals surface area contributed by atoms with Gasteiger partial charge in [0.1, 0.15) is 0 Å². The summed E-state index contributed by atoms with van der Waals surface area (Å²) in [4.78, 5) is 10.1. The maximum Gasteiger partial charge on any atom is 0.191 e. The molecule has 1 aliphatic carbocycles. The fourth-order valence-corrected chi connectivity index (χ4v) is 3.41. The van der Waals surface area contributed by atoms with Crippen molar-refractivity contribution < 1.29 is 0 Å². The molecule has 2 N–H and O–H groups in total. The van der Waals surface area contributed by atoms with E-state index in [9.17, 15) is 0 Å².